The van der Waals surface area contributed by atoms with Gasteiger partial charge in [0, 0.05) is 24.4 Å². The first-order valence-electron chi connectivity index (χ1n) is 7.19. The first-order chi connectivity index (χ1) is 8.86. The van der Waals surface area contributed by atoms with Gasteiger partial charge < -0.3 is 9.84 Å². The first kappa shape index (κ1) is 12.2. The predicted octanol–water partition coefficient (Wildman–Crippen LogP) is 2.60. The molecule has 1 aromatic rings. The molecule has 18 heavy (non-hydrogen) atoms. The molecule has 2 aliphatic rings. The number of nitrogens with zero attached hydrogens (tertiary/aromatic N) is 2. The van der Waals surface area contributed by atoms with Crippen LogP contribution in [0, 0.1) is 0 Å². The molecular formula is C14H22N2O2. The lowest BCUT2D eigenvalue weighted by Crippen LogP contribution is -2.28. The minimum absolute atomic E-state index is 0.0814. The molecule has 1 N–H and O–H groups in total. The molecule has 1 saturated carbocycles. The van der Waals surface area contributed by atoms with Crippen LogP contribution in [0.4, 0.5) is 0 Å². The standard InChI is InChI=1S/C14H22N2O2/c17-13-6-2-1-5-11(13)12-8-9-15-16(12)14-7-3-4-10-18-14/h8-9,11,13-14,17H,1-7,10H2/t11-,13?,14?/m1/s1. The van der Waals surface area contributed by atoms with Crippen LogP contribution in [0.3, 0.4) is 0 Å². The average Bonchev–Trinajstić information content (AvgIpc) is 2.89. The number of aliphatic hydroxyl groups is 1. The third-order valence-corrected chi connectivity index (χ3v) is 4.24. The molecule has 100 valence electrons. The molecule has 1 aliphatic heterocycles. The number of hydrogen-bond donors (Lipinski definition) is 1. The van der Waals surface area contributed by atoms with E-state index < -0.39 is 0 Å². The van der Waals surface area contributed by atoms with E-state index in [0.29, 0.717) is 0 Å². The molecule has 4 nitrogen and oxygen atoms in total. The molecule has 3 rings (SSSR count). The van der Waals surface area contributed by atoms with Gasteiger partial charge in [0.2, 0.25) is 0 Å². The Bertz CT molecular complexity index is 385. The lowest BCUT2D eigenvalue weighted by atomic mass is 9.84. The summed E-state index contributed by atoms with van der Waals surface area (Å²) < 4.78 is 7.82. The van der Waals surface area contributed by atoms with Crippen LogP contribution in [0.5, 0.6) is 0 Å². The summed E-state index contributed by atoms with van der Waals surface area (Å²) in [5.41, 5.74) is 1.16. The minimum atomic E-state index is -0.210. The molecule has 0 radical (unpaired) electrons. The zero-order chi connectivity index (χ0) is 12.4. The molecule has 3 atom stereocenters. The van der Waals surface area contributed by atoms with Crippen molar-refractivity contribution >= 4 is 0 Å². The Labute approximate surface area is 108 Å². The van der Waals surface area contributed by atoms with Gasteiger partial charge in [0.25, 0.3) is 0 Å². The van der Waals surface area contributed by atoms with Crippen LogP contribution in [0.15, 0.2) is 12.3 Å². The van der Waals surface area contributed by atoms with E-state index >= 15 is 0 Å². The highest BCUT2D eigenvalue weighted by Gasteiger charge is 2.29. The molecular weight excluding hydrogens is 228 g/mol. The van der Waals surface area contributed by atoms with Gasteiger partial charge in [-0.2, -0.15) is 5.10 Å². The van der Waals surface area contributed by atoms with Gasteiger partial charge in [-0.15, -0.1) is 0 Å². The second-order valence-electron chi connectivity index (χ2n) is 5.48. The van der Waals surface area contributed by atoms with Crippen LogP contribution in [0.1, 0.15) is 62.8 Å². The molecule has 0 aromatic carbocycles. The normalized spacial score (nSPS) is 33.5. The topological polar surface area (TPSA) is 47.3 Å². The van der Waals surface area contributed by atoms with Crippen LogP contribution >= 0.6 is 0 Å². The molecule has 1 saturated heterocycles. The lowest BCUT2D eigenvalue weighted by Gasteiger charge is -2.31. The van der Waals surface area contributed by atoms with E-state index in [1.54, 1.807) is 0 Å². The Morgan fingerprint density at radius 2 is 2.00 bits per heavy atom. The maximum absolute atomic E-state index is 10.2. The maximum Gasteiger partial charge on any atom is 0.150 e. The van der Waals surface area contributed by atoms with E-state index in [4.69, 9.17) is 4.74 Å². The van der Waals surface area contributed by atoms with Gasteiger partial charge in [-0.25, -0.2) is 4.68 Å². The summed E-state index contributed by atoms with van der Waals surface area (Å²) in [6.07, 6.45) is 9.45. The van der Waals surface area contributed by atoms with Gasteiger partial charge in [0.1, 0.15) is 6.23 Å². The molecule has 4 heteroatoms. The fourth-order valence-corrected chi connectivity index (χ4v) is 3.23. The minimum Gasteiger partial charge on any atom is -0.392 e. The van der Waals surface area contributed by atoms with Crippen molar-refractivity contribution in [2.45, 2.75) is 63.2 Å². The highest BCUT2D eigenvalue weighted by atomic mass is 16.5. The van der Waals surface area contributed by atoms with Gasteiger partial charge in [-0.3, -0.25) is 0 Å². The van der Waals surface area contributed by atoms with Gasteiger partial charge in [0.15, 0.2) is 0 Å². The van der Waals surface area contributed by atoms with Crippen molar-refractivity contribution in [2.24, 2.45) is 0 Å². The smallest absolute Gasteiger partial charge is 0.150 e. The van der Waals surface area contributed by atoms with Crippen molar-refractivity contribution in [1.82, 2.24) is 9.78 Å². The van der Waals surface area contributed by atoms with Crippen LogP contribution in [0.25, 0.3) is 0 Å². The quantitative estimate of drug-likeness (QED) is 0.877. The largest absolute Gasteiger partial charge is 0.392 e. The molecule has 0 amide bonds. The Hall–Kier alpha value is -0.870. The number of aromatic nitrogens is 2. The van der Waals surface area contributed by atoms with Crippen molar-refractivity contribution in [1.29, 1.82) is 0 Å². The predicted molar refractivity (Wildman–Crippen MR) is 68.3 cm³/mol. The molecule has 1 aromatic heterocycles. The monoisotopic (exact) mass is 250 g/mol. The number of aliphatic hydroxyl groups excluding tert-OH is 1. The van der Waals surface area contributed by atoms with Crippen LogP contribution in [-0.4, -0.2) is 27.6 Å². The zero-order valence-electron chi connectivity index (χ0n) is 10.8. The summed E-state index contributed by atoms with van der Waals surface area (Å²) in [6.45, 7) is 0.831. The number of ether oxygens (including phenoxy) is 1. The van der Waals surface area contributed by atoms with Crippen molar-refractivity contribution in [2.75, 3.05) is 6.61 Å². The fourth-order valence-electron chi connectivity index (χ4n) is 3.23. The van der Waals surface area contributed by atoms with Crippen LogP contribution < -0.4 is 0 Å². The molecule has 2 unspecified atom stereocenters. The summed E-state index contributed by atoms with van der Waals surface area (Å²) in [5, 5.41) is 14.6. The summed E-state index contributed by atoms with van der Waals surface area (Å²) in [5.74, 6) is 0.242. The van der Waals surface area contributed by atoms with Crippen LogP contribution in [-0.2, 0) is 4.74 Å². The van der Waals surface area contributed by atoms with E-state index in [9.17, 15) is 5.11 Å². The lowest BCUT2D eigenvalue weighted by molar-refractivity contribution is -0.0434. The summed E-state index contributed by atoms with van der Waals surface area (Å²) in [7, 11) is 0. The van der Waals surface area contributed by atoms with Gasteiger partial charge in [0.05, 0.1) is 6.10 Å². The zero-order valence-corrected chi connectivity index (χ0v) is 10.8. The second-order valence-corrected chi connectivity index (χ2v) is 5.48. The van der Waals surface area contributed by atoms with Gasteiger partial charge in [-0.05, 0) is 38.2 Å². The third kappa shape index (κ3) is 2.31. The summed E-state index contributed by atoms with van der Waals surface area (Å²) >= 11 is 0. The van der Waals surface area contributed by atoms with Gasteiger partial charge >= 0.3 is 0 Å². The second kappa shape index (κ2) is 5.41. The van der Waals surface area contributed by atoms with E-state index in [1.165, 1.54) is 12.8 Å². The van der Waals surface area contributed by atoms with Crippen molar-refractivity contribution < 1.29 is 9.84 Å². The van der Waals surface area contributed by atoms with E-state index in [1.807, 2.05) is 10.9 Å². The fraction of sp³-hybridized carbons (Fsp3) is 0.786. The van der Waals surface area contributed by atoms with Crippen molar-refractivity contribution in [3.05, 3.63) is 18.0 Å². The third-order valence-electron chi connectivity index (χ3n) is 4.24. The Kier molecular flexibility index (Phi) is 3.66. The van der Waals surface area contributed by atoms with E-state index in [2.05, 4.69) is 11.2 Å². The Morgan fingerprint density at radius 1 is 1.17 bits per heavy atom. The molecule has 2 fully saturated rings. The van der Waals surface area contributed by atoms with E-state index in [0.717, 1.165) is 44.4 Å². The highest BCUT2D eigenvalue weighted by Crippen LogP contribution is 2.35. The summed E-state index contributed by atoms with van der Waals surface area (Å²) in [4.78, 5) is 0. The maximum atomic E-state index is 10.2. The summed E-state index contributed by atoms with van der Waals surface area (Å²) in [6, 6.07) is 2.05. The van der Waals surface area contributed by atoms with Gasteiger partial charge in [-0.1, -0.05) is 12.8 Å². The first-order valence-corrected chi connectivity index (χ1v) is 7.19. The van der Waals surface area contributed by atoms with E-state index in [-0.39, 0.29) is 18.2 Å². The Morgan fingerprint density at radius 3 is 2.78 bits per heavy atom. The highest BCUT2D eigenvalue weighted by molar-refractivity contribution is 5.11. The molecule has 0 bridgehead atoms. The molecule has 0 spiro atoms. The van der Waals surface area contributed by atoms with Crippen molar-refractivity contribution in [3.63, 3.8) is 0 Å². The number of rotatable bonds is 2. The van der Waals surface area contributed by atoms with Crippen molar-refractivity contribution in [3.8, 4) is 0 Å². The number of hydrogen-bond acceptors (Lipinski definition) is 3. The molecule has 2 heterocycles. The average molecular weight is 250 g/mol. The Balaban J connectivity index is 1.81. The van der Waals surface area contributed by atoms with Crippen LogP contribution in [0.2, 0.25) is 0 Å². The molecule has 1 aliphatic carbocycles. The SMILES string of the molecule is OC1CCCC[C@@H]1c1ccnn1C1CCCCO1.